The van der Waals surface area contributed by atoms with E-state index in [0.29, 0.717) is 58.7 Å². The standard InChI is InChI=1S/C19H34O6/c1-15(2)18(21)8-7-17(20)6-5-9-23-10-11-24-12-13-25-14-19(22)16(3)4/h15-16H,5-14H2,1-4H3. The molecule has 0 bridgehead atoms. The van der Waals surface area contributed by atoms with Crippen LogP contribution in [0.1, 0.15) is 53.4 Å². The lowest BCUT2D eigenvalue weighted by Gasteiger charge is -2.07. The number of rotatable bonds is 17. The maximum Gasteiger partial charge on any atom is 0.160 e. The van der Waals surface area contributed by atoms with Gasteiger partial charge in [0.15, 0.2) is 5.78 Å². The van der Waals surface area contributed by atoms with Gasteiger partial charge in [0.05, 0.1) is 26.4 Å². The van der Waals surface area contributed by atoms with Gasteiger partial charge in [-0.1, -0.05) is 27.7 Å². The molecule has 0 fully saturated rings. The Morgan fingerprint density at radius 1 is 0.640 bits per heavy atom. The van der Waals surface area contributed by atoms with Gasteiger partial charge in [0.2, 0.25) is 0 Å². The number of carbonyl (C=O) groups is 3. The van der Waals surface area contributed by atoms with Gasteiger partial charge in [-0.3, -0.25) is 14.4 Å². The monoisotopic (exact) mass is 358 g/mol. The lowest BCUT2D eigenvalue weighted by molar-refractivity contribution is -0.127. The first kappa shape index (κ1) is 23.9. The summed E-state index contributed by atoms with van der Waals surface area (Å²) < 4.78 is 15.9. The first-order valence-corrected chi connectivity index (χ1v) is 9.15. The molecule has 0 aliphatic rings. The van der Waals surface area contributed by atoms with Crippen molar-refractivity contribution in [2.75, 3.05) is 39.6 Å². The molecule has 6 nitrogen and oxygen atoms in total. The number of ether oxygens (including phenoxy) is 3. The van der Waals surface area contributed by atoms with Crippen LogP contribution in [0.15, 0.2) is 0 Å². The molecule has 0 N–H and O–H groups in total. The van der Waals surface area contributed by atoms with Crippen LogP contribution in [0, 0.1) is 11.8 Å². The highest BCUT2D eigenvalue weighted by atomic mass is 16.5. The number of carbonyl (C=O) groups excluding carboxylic acids is 3. The zero-order valence-corrected chi connectivity index (χ0v) is 16.2. The smallest absolute Gasteiger partial charge is 0.160 e. The van der Waals surface area contributed by atoms with Crippen molar-refractivity contribution in [2.45, 2.75) is 53.4 Å². The Bertz CT molecular complexity index is 389. The molecule has 0 aliphatic carbocycles. The van der Waals surface area contributed by atoms with Crippen molar-refractivity contribution in [2.24, 2.45) is 11.8 Å². The summed E-state index contributed by atoms with van der Waals surface area (Å²) in [5.41, 5.74) is 0. The average molecular weight is 358 g/mol. The zero-order chi connectivity index (χ0) is 19.1. The predicted molar refractivity (Wildman–Crippen MR) is 95.6 cm³/mol. The summed E-state index contributed by atoms with van der Waals surface area (Å²) in [5.74, 6) is 0.335. The van der Waals surface area contributed by atoms with E-state index in [2.05, 4.69) is 0 Å². The fraction of sp³-hybridized carbons (Fsp3) is 0.842. The van der Waals surface area contributed by atoms with Crippen LogP contribution in [0.25, 0.3) is 0 Å². The first-order valence-electron chi connectivity index (χ1n) is 9.15. The third-order valence-electron chi connectivity index (χ3n) is 3.67. The Kier molecular flexibility index (Phi) is 14.5. The maximum atomic E-state index is 11.6. The van der Waals surface area contributed by atoms with Crippen LogP contribution < -0.4 is 0 Å². The minimum absolute atomic E-state index is 0.00257. The molecule has 0 aromatic carbocycles. The Labute approximate surface area is 151 Å². The normalized spacial score (nSPS) is 11.3. The van der Waals surface area contributed by atoms with E-state index in [1.165, 1.54) is 0 Å². The third kappa shape index (κ3) is 14.9. The van der Waals surface area contributed by atoms with Crippen molar-refractivity contribution < 1.29 is 28.6 Å². The van der Waals surface area contributed by atoms with E-state index >= 15 is 0 Å². The Morgan fingerprint density at radius 3 is 1.72 bits per heavy atom. The predicted octanol–water partition coefficient (Wildman–Crippen LogP) is 2.62. The van der Waals surface area contributed by atoms with Crippen LogP contribution in [0.2, 0.25) is 0 Å². The summed E-state index contributed by atoms with van der Waals surface area (Å²) in [6.45, 7) is 9.76. The van der Waals surface area contributed by atoms with E-state index in [9.17, 15) is 14.4 Å². The van der Waals surface area contributed by atoms with E-state index in [1.807, 2.05) is 27.7 Å². The second-order valence-electron chi connectivity index (χ2n) is 6.66. The number of hydrogen-bond donors (Lipinski definition) is 0. The molecule has 0 atom stereocenters. The van der Waals surface area contributed by atoms with Gasteiger partial charge in [-0.05, 0) is 6.42 Å². The lowest BCUT2D eigenvalue weighted by Crippen LogP contribution is -2.17. The quantitative estimate of drug-likeness (QED) is 0.372. The fourth-order valence-corrected chi connectivity index (χ4v) is 1.83. The van der Waals surface area contributed by atoms with E-state index < -0.39 is 0 Å². The molecule has 6 heteroatoms. The summed E-state index contributed by atoms with van der Waals surface area (Å²) in [6.07, 6.45) is 1.79. The van der Waals surface area contributed by atoms with Crippen molar-refractivity contribution in [1.82, 2.24) is 0 Å². The van der Waals surface area contributed by atoms with Crippen LogP contribution in [-0.2, 0) is 28.6 Å². The molecule has 0 aliphatic heterocycles. The molecular weight excluding hydrogens is 324 g/mol. The molecule has 146 valence electrons. The molecule has 0 saturated carbocycles. The molecule has 0 radical (unpaired) electrons. The Hall–Kier alpha value is -1.11. The molecule has 0 spiro atoms. The summed E-state index contributed by atoms with van der Waals surface area (Å²) in [5, 5.41) is 0. The summed E-state index contributed by atoms with van der Waals surface area (Å²) in [7, 11) is 0. The van der Waals surface area contributed by atoms with Gasteiger partial charge >= 0.3 is 0 Å². The van der Waals surface area contributed by atoms with Crippen LogP contribution >= 0.6 is 0 Å². The zero-order valence-electron chi connectivity index (χ0n) is 16.2. The van der Waals surface area contributed by atoms with Crippen LogP contribution in [0.3, 0.4) is 0 Å². The van der Waals surface area contributed by atoms with Gasteiger partial charge in [-0.25, -0.2) is 0 Å². The van der Waals surface area contributed by atoms with Gasteiger partial charge < -0.3 is 14.2 Å². The average Bonchev–Trinajstić information content (AvgIpc) is 2.56. The molecule has 0 rings (SSSR count). The van der Waals surface area contributed by atoms with Crippen molar-refractivity contribution in [3.05, 3.63) is 0 Å². The second kappa shape index (κ2) is 15.2. The van der Waals surface area contributed by atoms with E-state index in [-0.39, 0.29) is 35.8 Å². The van der Waals surface area contributed by atoms with E-state index in [1.54, 1.807) is 0 Å². The highest BCUT2D eigenvalue weighted by molar-refractivity contribution is 5.86. The minimum atomic E-state index is -0.00288. The molecule has 0 unspecified atom stereocenters. The van der Waals surface area contributed by atoms with Gasteiger partial charge in [0.25, 0.3) is 0 Å². The first-order chi connectivity index (χ1) is 11.8. The lowest BCUT2D eigenvalue weighted by atomic mass is 10.0. The third-order valence-corrected chi connectivity index (χ3v) is 3.67. The van der Waals surface area contributed by atoms with Crippen molar-refractivity contribution in [3.8, 4) is 0 Å². The summed E-state index contributed by atoms with van der Waals surface area (Å²) in [6, 6.07) is 0. The molecule has 25 heavy (non-hydrogen) atoms. The number of hydrogen-bond acceptors (Lipinski definition) is 6. The summed E-state index contributed by atoms with van der Waals surface area (Å²) >= 11 is 0. The van der Waals surface area contributed by atoms with Crippen molar-refractivity contribution >= 4 is 17.3 Å². The molecule has 0 heterocycles. The van der Waals surface area contributed by atoms with Gasteiger partial charge in [-0.2, -0.15) is 0 Å². The topological polar surface area (TPSA) is 78.9 Å². The summed E-state index contributed by atoms with van der Waals surface area (Å²) in [4.78, 5) is 34.4. The highest BCUT2D eigenvalue weighted by Gasteiger charge is 2.10. The molecule has 0 aromatic heterocycles. The highest BCUT2D eigenvalue weighted by Crippen LogP contribution is 2.05. The minimum Gasteiger partial charge on any atom is -0.379 e. The van der Waals surface area contributed by atoms with E-state index in [4.69, 9.17) is 14.2 Å². The Morgan fingerprint density at radius 2 is 1.16 bits per heavy atom. The van der Waals surface area contributed by atoms with Crippen LogP contribution in [0.4, 0.5) is 0 Å². The van der Waals surface area contributed by atoms with Crippen LogP contribution in [-0.4, -0.2) is 57.0 Å². The van der Waals surface area contributed by atoms with E-state index in [0.717, 1.165) is 0 Å². The number of Topliss-reactive ketones (excluding diaryl/α,β-unsaturated/α-hetero) is 3. The molecule has 0 saturated heterocycles. The second-order valence-corrected chi connectivity index (χ2v) is 6.66. The maximum absolute atomic E-state index is 11.6. The van der Waals surface area contributed by atoms with Crippen molar-refractivity contribution in [1.29, 1.82) is 0 Å². The Balaban J connectivity index is 3.32. The van der Waals surface area contributed by atoms with Gasteiger partial charge in [-0.15, -0.1) is 0 Å². The number of ketones is 3. The van der Waals surface area contributed by atoms with Gasteiger partial charge in [0, 0.05) is 37.7 Å². The largest absolute Gasteiger partial charge is 0.379 e. The molecule has 0 amide bonds. The van der Waals surface area contributed by atoms with Gasteiger partial charge in [0.1, 0.15) is 18.2 Å². The van der Waals surface area contributed by atoms with Crippen LogP contribution in [0.5, 0.6) is 0 Å². The molecular formula is C19H34O6. The molecule has 0 aromatic rings. The SMILES string of the molecule is CC(C)C(=O)CCC(=O)CCCOCCOCCOCC(=O)C(C)C. The van der Waals surface area contributed by atoms with Crippen molar-refractivity contribution in [3.63, 3.8) is 0 Å². The fourth-order valence-electron chi connectivity index (χ4n) is 1.83.